The lowest BCUT2D eigenvalue weighted by Gasteiger charge is -2.23. The Morgan fingerprint density at radius 2 is 1.27 bits per heavy atom. The van der Waals surface area contributed by atoms with Crippen LogP contribution in [0.2, 0.25) is 0 Å². The molecular weight excluding hydrogens is 622 g/mol. The predicted octanol–water partition coefficient (Wildman–Crippen LogP) is 6.51. The van der Waals surface area contributed by atoms with Crippen LogP contribution in [0.4, 0.5) is 10.5 Å². The lowest BCUT2D eigenvalue weighted by Crippen LogP contribution is -2.45. The minimum Gasteiger partial charge on any atom is -0.449 e. The van der Waals surface area contributed by atoms with E-state index in [0.717, 1.165) is 27.3 Å². The monoisotopic (exact) mass is 659 g/mol. The second kappa shape index (κ2) is 14.2. The lowest BCUT2D eigenvalue weighted by molar-refractivity contribution is -0.127. The Morgan fingerprint density at radius 1 is 0.735 bits per heavy atom. The SMILES string of the molecule is CC(C)[C@H](NC(=O)OCC1c2ccccc2-c2ccccc21)C(=O)C[C@@H](C)C(=O)Nc1ccc(CON2C(=O)c3ccccc3C2=O)cc1. The number of carbonyl (C=O) groups excluding carboxylic acids is 5. The molecule has 6 rings (SSSR count). The summed E-state index contributed by atoms with van der Waals surface area (Å²) in [6.45, 7) is 5.42. The lowest BCUT2D eigenvalue weighted by atomic mass is 9.93. The first-order valence-corrected chi connectivity index (χ1v) is 16.3. The van der Waals surface area contributed by atoms with E-state index in [4.69, 9.17) is 9.57 Å². The summed E-state index contributed by atoms with van der Waals surface area (Å²) in [6, 6.07) is 28.6. The van der Waals surface area contributed by atoms with E-state index in [1.54, 1.807) is 55.5 Å². The van der Waals surface area contributed by atoms with Gasteiger partial charge in [-0.1, -0.05) is 93.6 Å². The second-order valence-corrected chi connectivity index (χ2v) is 12.7. The van der Waals surface area contributed by atoms with E-state index >= 15 is 0 Å². The second-order valence-electron chi connectivity index (χ2n) is 12.7. The third kappa shape index (κ3) is 7.00. The topological polar surface area (TPSA) is 131 Å². The Kier molecular flexibility index (Phi) is 9.68. The van der Waals surface area contributed by atoms with E-state index in [1.807, 2.05) is 50.2 Å². The molecule has 10 heteroatoms. The van der Waals surface area contributed by atoms with Crippen molar-refractivity contribution in [3.63, 3.8) is 0 Å². The Bertz CT molecular complexity index is 1840. The van der Waals surface area contributed by atoms with Crippen LogP contribution in [-0.2, 0) is 25.8 Å². The van der Waals surface area contributed by atoms with Gasteiger partial charge in [-0.25, -0.2) is 4.79 Å². The number of hydroxylamine groups is 2. The number of nitrogens with one attached hydrogen (secondary N) is 2. The number of ketones is 1. The molecule has 2 aliphatic rings. The highest BCUT2D eigenvalue weighted by Crippen LogP contribution is 2.44. The maximum absolute atomic E-state index is 13.3. The zero-order chi connectivity index (χ0) is 34.7. The predicted molar refractivity (Wildman–Crippen MR) is 182 cm³/mol. The highest BCUT2D eigenvalue weighted by molar-refractivity contribution is 6.20. The number of hydrogen-bond acceptors (Lipinski definition) is 7. The molecule has 10 nitrogen and oxygen atoms in total. The summed E-state index contributed by atoms with van der Waals surface area (Å²) >= 11 is 0. The number of carbonyl (C=O) groups is 5. The number of benzene rings is 4. The van der Waals surface area contributed by atoms with Gasteiger partial charge in [-0.05, 0) is 58.0 Å². The summed E-state index contributed by atoms with van der Waals surface area (Å²) in [5.74, 6) is -2.65. The molecule has 2 N–H and O–H groups in total. The van der Waals surface area contributed by atoms with Crippen LogP contribution >= 0.6 is 0 Å². The maximum atomic E-state index is 13.3. The summed E-state index contributed by atoms with van der Waals surface area (Å²) in [4.78, 5) is 69.8. The molecule has 0 spiro atoms. The van der Waals surface area contributed by atoms with Crippen LogP contribution in [0.5, 0.6) is 0 Å². The van der Waals surface area contributed by atoms with Crippen LogP contribution in [0.15, 0.2) is 97.1 Å². The highest BCUT2D eigenvalue weighted by atomic mass is 16.7. The molecule has 1 heterocycles. The largest absolute Gasteiger partial charge is 0.449 e. The van der Waals surface area contributed by atoms with Crippen molar-refractivity contribution in [1.82, 2.24) is 10.4 Å². The van der Waals surface area contributed by atoms with Crippen LogP contribution in [0.1, 0.15) is 70.5 Å². The van der Waals surface area contributed by atoms with Crippen molar-refractivity contribution >= 4 is 35.3 Å². The Hall–Kier alpha value is -5.61. The average Bonchev–Trinajstić information content (AvgIpc) is 3.55. The van der Waals surface area contributed by atoms with Crippen molar-refractivity contribution in [2.45, 2.75) is 45.8 Å². The Balaban J connectivity index is 0.980. The van der Waals surface area contributed by atoms with E-state index in [-0.39, 0.29) is 43.2 Å². The summed E-state index contributed by atoms with van der Waals surface area (Å²) in [7, 11) is 0. The molecule has 0 fully saturated rings. The number of fused-ring (bicyclic) bond motifs is 4. The fraction of sp³-hybridized carbons (Fsp3) is 0.256. The van der Waals surface area contributed by atoms with Gasteiger partial charge < -0.3 is 15.4 Å². The van der Waals surface area contributed by atoms with E-state index in [9.17, 15) is 24.0 Å². The summed E-state index contributed by atoms with van der Waals surface area (Å²) in [5, 5.41) is 6.30. The molecule has 0 saturated carbocycles. The van der Waals surface area contributed by atoms with Crippen molar-refractivity contribution in [3.8, 4) is 11.1 Å². The molecule has 0 radical (unpaired) electrons. The number of Topliss-reactive ketones (excluding diaryl/α,β-unsaturated/α-hetero) is 1. The minimum absolute atomic E-state index is 0.0299. The molecule has 4 amide bonds. The number of hydrogen-bond donors (Lipinski definition) is 2. The number of amides is 4. The molecule has 2 atom stereocenters. The summed E-state index contributed by atoms with van der Waals surface area (Å²) < 4.78 is 5.66. The van der Waals surface area contributed by atoms with Gasteiger partial charge in [0.1, 0.15) is 13.2 Å². The molecule has 1 aliphatic carbocycles. The van der Waals surface area contributed by atoms with Crippen LogP contribution in [0.3, 0.4) is 0 Å². The third-order valence-corrected chi connectivity index (χ3v) is 8.92. The molecule has 4 aromatic rings. The van der Waals surface area contributed by atoms with Crippen molar-refractivity contribution in [2.75, 3.05) is 11.9 Å². The highest BCUT2D eigenvalue weighted by Gasteiger charge is 2.36. The average molecular weight is 660 g/mol. The molecule has 0 unspecified atom stereocenters. The zero-order valence-electron chi connectivity index (χ0n) is 27.5. The summed E-state index contributed by atoms with van der Waals surface area (Å²) in [6.07, 6.45) is -0.761. The van der Waals surface area contributed by atoms with Gasteiger partial charge in [-0.3, -0.25) is 24.0 Å². The number of alkyl carbamates (subject to hydrolysis) is 1. The quantitative estimate of drug-likeness (QED) is 0.166. The van der Waals surface area contributed by atoms with Crippen LogP contribution in [-0.4, -0.2) is 47.3 Å². The van der Waals surface area contributed by atoms with Gasteiger partial charge >= 0.3 is 6.09 Å². The number of nitrogens with zero attached hydrogens (tertiary/aromatic N) is 1. The van der Waals surface area contributed by atoms with Gasteiger partial charge in [0.05, 0.1) is 17.2 Å². The first kappa shape index (κ1) is 33.3. The molecule has 4 aromatic carbocycles. The van der Waals surface area contributed by atoms with Gasteiger partial charge in [0, 0.05) is 23.9 Å². The van der Waals surface area contributed by atoms with Gasteiger partial charge in [0.25, 0.3) is 11.8 Å². The Labute approximate surface area is 284 Å². The van der Waals surface area contributed by atoms with Gasteiger partial charge in [0.2, 0.25) is 5.91 Å². The van der Waals surface area contributed by atoms with Crippen molar-refractivity contribution in [3.05, 3.63) is 125 Å². The molecule has 1 aliphatic heterocycles. The van der Waals surface area contributed by atoms with E-state index in [0.29, 0.717) is 22.4 Å². The number of ether oxygens (including phenoxy) is 1. The number of anilines is 1. The van der Waals surface area contributed by atoms with Crippen LogP contribution in [0.25, 0.3) is 11.1 Å². The zero-order valence-corrected chi connectivity index (χ0v) is 27.5. The van der Waals surface area contributed by atoms with E-state index < -0.39 is 29.9 Å². The van der Waals surface area contributed by atoms with Gasteiger partial charge in [-0.2, -0.15) is 0 Å². The fourth-order valence-electron chi connectivity index (χ4n) is 6.28. The summed E-state index contributed by atoms with van der Waals surface area (Å²) in [5.41, 5.74) is 6.22. The number of rotatable bonds is 12. The normalized spacial score (nSPS) is 14.6. The first-order chi connectivity index (χ1) is 23.6. The van der Waals surface area contributed by atoms with Gasteiger partial charge in [0.15, 0.2) is 5.78 Å². The third-order valence-electron chi connectivity index (χ3n) is 8.92. The van der Waals surface area contributed by atoms with Crippen molar-refractivity contribution < 1.29 is 33.5 Å². The fourth-order valence-corrected chi connectivity index (χ4v) is 6.28. The van der Waals surface area contributed by atoms with Crippen molar-refractivity contribution in [2.24, 2.45) is 11.8 Å². The molecule has 0 saturated heterocycles. The van der Waals surface area contributed by atoms with E-state index in [2.05, 4.69) is 22.8 Å². The van der Waals surface area contributed by atoms with Gasteiger partial charge in [-0.15, -0.1) is 5.06 Å². The molecular formula is C39H37N3O7. The minimum atomic E-state index is -0.827. The standard InChI is InChI=1S/C39H37N3O7/c1-23(2)35(41-39(47)48-22-33-29-12-6-4-10-27(29)28-11-5-7-13-30(28)33)34(43)20-24(3)36(44)40-26-18-16-25(17-19-26)21-49-42-37(45)31-14-8-9-15-32(31)38(42)46/h4-19,23-24,33,35H,20-22H2,1-3H3,(H,40,44)(H,41,47)/t24-,35+/m1/s1. The Morgan fingerprint density at radius 3 is 1.82 bits per heavy atom. The molecule has 0 aromatic heterocycles. The van der Waals surface area contributed by atoms with Crippen LogP contribution < -0.4 is 10.6 Å². The van der Waals surface area contributed by atoms with Crippen LogP contribution in [0, 0.1) is 11.8 Å². The number of imide groups is 1. The van der Waals surface area contributed by atoms with Crippen molar-refractivity contribution in [1.29, 1.82) is 0 Å². The smallest absolute Gasteiger partial charge is 0.407 e. The maximum Gasteiger partial charge on any atom is 0.407 e. The molecule has 250 valence electrons. The van der Waals surface area contributed by atoms with E-state index in [1.165, 1.54) is 0 Å². The molecule has 0 bridgehead atoms. The first-order valence-electron chi connectivity index (χ1n) is 16.3. The molecule has 49 heavy (non-hydrogen) atoms.